The van der Waals surface area contributed by atoms with Crippen LogP contribution in [0.5, 0.6) is 0 Å². The average Bonchev–Trinajstić information content (AvgIpc) is 3.12. The maximum Gasteiger partial charge on any atom is 0.240 e. The van der Waals surface area contributed by atoms with Crippen molar-refractivity contribution in [2.24, 2.45) is 0 Å². The maximum atomic E-state index is 12.7. The summed E-state index contributed by atoms with van der Waals surface area (Å²) in [6, 6.07) is -0.0214. The lowest BCUT2D eigenvalue weighted by Crippen LogP contribution is -2.44. The summed E-state index contributed by atoms with van der Waals surface area (Å²) in [6.07, 6.45) is 4.31. The van der Waals surface area contributed by atoms with E-state index in [0.717, 1.165) is 30.2 Å². The average molecular weight is 302 g/mol. The molecule has 5 heteroatoms. The van der Waals surface area contributed by atoms with Gasteiger partial charge >= 0.3 is 0 Å². The van der Waals surface area contributed by atoms with E-state index in [1.54, 1.807) is 0 Å². The van der Waals surface area contributed by atoms with E-state index in [0.29, 0.717) is 13.1 Å². The summed E-state index contributed by atoms with van der Waals surface area (Å²) in [5.41, 5.74) is 2.05. The monoisotopic (exact) mass is 302 g/mol. The molecular formula is C17H26N4O. The van der Waals surface area contributed by atoms with Crippen molar-refractivity contribution in [1.29, 1.82) is 0 Å². The van der Waals surface area contributed by atoms with Crippen molar-refractivity contribution in [2.75, 3.05) is 13.1 Å². The van der Waals surface area contributed by atoms with Crippen molar-refractivity contribution in [2.45, 2.75) is 65.1 Å². The third-order valence-corrected chi connectivity index (χ3v) is 4.68. The number of nitrogens with zero attached hydrogens (tertiary/aromatic N) is 4. The molecule has 1 aromatic heterocycles. The summed E-state index contributed by atoms with van der Waals surface area (Å²) in [5, 5.41) is 0. The van der Waals surface area contributed by atoms with Crippen LogP contribution in [0.25, 0.3) is 0 Å². The molecule has 0 bridgehead atoms. The summed E-state index contributed by atoms with van der Waals surface area (Å²) in [6.45, 7) is 11.7. The molecule has 120 valence electrons. The number of carbonyl (C=O) groups is 1. The molecule has 0 N–H and O–H groups in total. The third kappa shape index (κ3) is 2.86. The highest BCUT2D eigenvalue weighted by Crippen LogP contribution is 2.26. The quantitative estimate of drug-likeness (QED) is 0.839. The first-order valence-electron chi connectivity index (χ1n) is 8.24. The van der Waals surface area contributed by atoms with Crippen molar-refractivity contribution in [1.82, 2.24) is 19.8 Å². The molecule has 0 spiro atoms. The molecule has 1 amide bonds. The van der Waals surface area contributed by atoms with Crippen LogP contribution in [-0.4, -0.2) is 44.8 Å². The van der Waals surface area contributed by atoms with Crippen LogP contribution in [0.4, 0.5) is 0 Å². The highest BCUT2D eigenvalue weighted by atomic mass is 16.2. The summed E-state index contributed by atoms with van der Waals surface area (Å²) in [7, 11) is 0. The van der Waals surface area contributed by atoms with Crippen LogP contribution in [0.2, 0.25) is 0 Å². The SMILES string of the molecule is CC(C(=O)N1Cc2cnc(C(C)(C)C)nc2C1)N1CCCC1. The lowest BCUT2D eigenvalue weighted by atomic mass is 9.95. The van der Waals surface area contributed by atoms with Gasteiger partial charge in [-0.2, -0.15) is 0 Å². The van der Waals surface area contributed by atoms with Gasteiger partial charge < -0.3 is 4.90 Å². The molecule has 5 nitrogen and oxygen atoms in total. The summed E-state index contributed by atoms with van der Waals surface area (Å²) in [4.78, 5) is 26.1. The highest BCUT2D eigenvalue weighted by molar-refractivity contribution is 5.82. The Labute approximate surface area is 132 Å². The number of likely N-dealkylation sites (tertiary alicyclic amines) is 1. The number of fused-ring (bicyclic) bond motifs is 1. The summed E-state index contributed by atoms with van der Waals surface area (Å²) >= 11 is 0. The molecule has 0 saturated carbocycles. The molecule has 1 saturated heterocycles. The van der Waals surface area contributed by atoms with E-state index in [-0.39, 0.29) is 17.4 Å². The van der Waals surface area contributed by atoms with Crippen LogP contribution in [0.1, 0.15) is 57.6 Å². The predicted octanol–water partition coefficient (Wildman–Crippen LogP) is 2.10. The molecule has 2 aliphatic heterocycles. The molecule has 3 rings (SSSR count). The molecule has 1 aromatic rings. The Bertz CT molecular complexity index is 573. The van der Waals surface area contributed by atoms with Crippen LogP contribution in [0.3, 0.4) is 0 Å². The van der Waals surface area contributed by atoms with Crippen LogP contribution in [0, 0.1) is 0 Å². The van der Waals surface area contributed by atoms with Crippen molar-refractivity contribution >= 4 is 5.91 Å². The lowest BCUT2D eigenvalue weighted by molar-refractivity contribution is -0.136. The van der Waals surface area contributed by atoms with Gasteiger partial charge in [0, 0.05) is 23.7 Å². The minimum atomic E-state index is -0.0602. The Hall–Kier alpha value is -1.49. The standard InChI is InChI=1S/C17H26N4O/c1-12(20-7-5-6-8-20)15(22)21-10-13-9-18-16(17(2,3)4)19-14(13)11-21/h9,12H,5-8,10-11H2,1-4H3. The van der Waals surface area contributed by atoms with Gasteiger partial charge in [0.15, 0.2) is 0 Å². The van der Waals surface area contributed by atoms with Gasteiger partial charge in [-0.3, -0.25) is 9.69 Å². The molecule has 1 fully saturated rings. The summed E-state index contributed by atoms with van der Waals surface area (Å²) < 4.78 is 0. The fraction of sp³-hybridized carbons (Fsp3) is 0.706. The first-order chi connectivity index (χ1) is 10.4. The van der Waals surface area contributed by atoms with Gasteiger partial charge in [-0.15, -0.1) is 0 Å². The zero-order valence-electron chi connectivity index (χ0n) is 14.1. The normalized spacial score (nSPS) is 20.3. The molecule has 0 aliphatic carbocycles. The van der Waals surface area contributed by atoms with E-state index in [1.807, 2.05) is 18.0 Å². The Kier molecular flexibility index (Phi) is 3.93. The van der Waals surface area contributed by atoms with E-state index in [1.165, 1.54) is 12.8 Å². The fourth-order valence-electron chi connectivity index (χ4n) is 3.22. The van der Waals surface area contributed by atoms with Crippen LogP contribution < -0.4 is 0 Å². The molecular weight excluding hydrogens is 276 g/mol. The van der Waals surface area contributed by atoms with Crippen LogP contribution >= 0.6 is 0 Å². The Balaban J connectivity index is 1.72. The number of aromatic nitrogens is 2. The van der Waals surface area contributed by atoms with Crippen LogP contribution in [-0.2, 0) is 23.3 Å². The topological polar surface area (TPSA) is 49.3 Å². The van der Waals surface area contributed by atoms with Gasteiger partial charge in [-0.05, 0) is 32.9 Å². The van der Waals surface area contributed by atoms with Crippen molar-refractivity contribution in [3.8, 4) is 0 Å². The van der Waals surface area contributed by atoms with Crippen molar-refractivity contribution in [3.05, 3.63) is 23.3 Å². The minimum Gasteiger partial charge on any atom is -0.331 e. The molecule has 3 heterocycles. The second kappa shape index (κ2) is 5.61. The summed E-state index contributed by atoms with van der Waals surface area (Å²) in [5.74, 6) is 1.07. The van der Waals surface area contributed by atoms with Gasteiger partial charge in [-0.1, -0.05) is 20.8 Å². The number of amides is 1. The molecule has 0 aromatic carbocycles. The second-order valence-electron chi connectivity index (χ2n) is 7.53. The zero-order chi connectivity index (χ0) is 15.9. The first kappa shape index (κ1) is 15.4. The molecule has 1 atom stereocenters. The zero-order valence-corrected chi connectivity index (χ0v) is 14.1. The number of carbonyl (C=O) groups excluding carboxylic acids is 1. The number of rotatable bonds is 2. The predicted molar refractivity (Wildman–Crippen MR) is 85.3 cm³/mol. The lowest BCUT2D eigenvalue weighted by Gasteiger charge is -2.27. The number of hydrogen-bond acceptors (Lipinski definition) is 4. The maximum absolute atomic E-state index is 12.7. The third-order valence-electron chi connectivity index (χ3n) is 4.68. The van der Waals surface area contributed by atoms with Gasteiger partial charge in [-0.25, -0.2) is 9.97 Å². The van der Waals surface area contributed by atoms with Crippen LogP contribution in [0.15, 0.2) is 6.20 Å². The molecule has 0 radical (unpaired) electrons. The Morgan fingerprint density at radius 3 is 2.55 bits per heavy atom. The van der Waals surface area contributed by atoms with Crippen molar-refractivity contribution < 1.29 is 4.79 Å². The van der Waals surface area contributed by atoms with Gasteiger partial charge in [0.2, 0.25) is 5.91 Å². The Morgan fingerprint density at radius 2 is 1.91 bits per heavy atom. The first-order valence-corrected chi connectivity index (χ1v) is 8.24. The van der Waals surface area contributed by atoms with E-state index in [2.05, 4.69) is 30.7 Å². The molecule has 2 aliphatic rings. The highest BCUT2D eigenvalue weighted by Gasteiger charge is 2.32. The second-order valence-corrected chi connectivity index (χ2v) is 7.53. The van der Waals surface area contributed by atoms with E-state index in [4.69, 9.17) is 4.98 Å². The number of hydrogen-bond donors (Lipinski definition) is 0. The molecule has 1 unspecified atom stereocenters. The molecule has 22 heavy (non-hydrogen) atoms. The smallest absolute Gasteiger partial charge is 0.240 e. The fourth-order valence-corrected chi connectivity index (χ4v) is 3.22. The Morgan fingerprint density at radius 1 is 1.23 bits per heavy atom. The van der Waals surface area contributed by atoms with E-state index in [9.17, 15) is 4.79 Å². The largest absolute Gasteiger partial charge is 0.331 e. The minimum absolute atomic E-state index is 0.0214. The van der Waals surface area contributed by atoms with Gasteiger partial charge in [0.25, 0.3) is 0 Å². The van der Waals surface area contributed by atoms with Gasteiger partial charge in [0.1, 0.15) is 5.82 Å². The van der Waals surface area contributed by atoms with Crippen molar-refractivity contribution in [3.63, 3.8) is 0 Å². The van der Waals surface area contributed by atoms with E-state index < -0.39 is 0 Å². The van der Waals surface area contributed by atoms with Gasteiger partial charge in [0.05, 0.1) is 18.3 Å². The van der Waals surface area contributed by atoms with E-state index >= 15 is 0 Å².